The number of aromatic hydroxyl groups is 1. The van der Waals surface area contributed by atoms with Gasteiger partial charge in [0, 0.05) is 17.6 Å². The van der Waals surface area contributed by atoms with Gasteiger partial charge in [-0.05, 0) is 68.1 Å². The van der Waals surface area contributed by atoms with Crippen molar-refractivity contribution in [2.45, 2.75) is 25.8 Å². The molecule has 2 aliphatic heterocycles. The van der Waals surface area contributed by atoms with E-state index in [9.17, 15) is 5.11 Å². The van der Waals surface area contributed by atoms with Gasteiger partial charge in [-0.1, -0.05) is 15.9 Å². The van der Waals surface area contributed by atoms with Crippen molar-refractivity contribution in [3.63, 3.8) is 0 Å². The Hall–Kier alpha value is -0.290. The second-order valence-electron chi connectivity index (χ2n) is 5.99. The van der Waals surface area contributed by atoms with Gasteiger partial charge in [0.05, 0.1) is 0 Å². The second kappa shape index (κ2) is 6.65. The van der Waals surface area contributed by atoms with Gasteiger partial charge < -0.3 is 10.4 Å². The van der Waals surface area contributed by atoms with Crippen LogP contribution in [0.4, 0.5) is 0 Å². The third-order valence-corrected chi connectivity index (χ3v) is 5.38. The van der Waals surface area contributed by atoms with Crippen LogP contribution < -0.4 is 5.32 Å². The number of nitrogens with zero attached hydrogens (tertiary/aromatic N) is 1. The van der Waals surface area contributed by atoms with E-state index in [1.54, 1.807) is 6.07 Å². The Morgan fingerprint density at radius 3 is 2.75 bits per heavy atom. The van der Waals surface area contributed by atoms with E-state index >= 15 is 0 Å². The fourth-order valence-electron chi connectivity index (χ4n) is 3.45. The summed E-state index contributed by atoms with van der Waals surface area (Å²) in [5.41, 5.74) is 1.74. The summed E-state index contributed by atoms with van der Waals surface area (Å²) in [6.07, 6.45) is 3.94. The molecule has 0 unspecified atom stereocenters. The Balaban J connectivity index is 0.00000147. The van der Waals surface area contributed by atoms with Crippen molar-refractivity contribution in [3.05, 3.63) is 28.2 Å². The van der Waals surface area contributed by atoms with Gasteiger partial charge in [0.15, 0.2) is 0 Å². The fourth-order valence-corrected chi connectivity index (χ4v) is 3.82. The molecule has 20 heavy (non-hydrogen) atoms. The maximum Gasteiger partial charge on any atom is 0.115 e. The van der Waals surface area contributed by atoms with Crippen molar-refractivity contribution >= 4 is 28.3 Å². The lowest BCUT2D eigenvalue weighted by atomic mass is 9.78. The summed E-state index contributed by atoms with van der Waals surface area (Å²) < 4.78 is 1.09. The van der Waals surface area contributed by atoms with Crippen LogP contribution in [0.2, 0.25) is 0 Å². The van der Waals surface area contributed by atoms with Crippen LogP contribution in [-0.2, 0) is 6.54 Å². The summed E-state index contributed by atoms with van der Waals surface area (Å²) >= 11 is 3.58. The lowest BCUT2D eigenvalue weighted by Gasteiger charge is -2.34. The fraction of sp³-hybridized carbons (Fsp3) is 0.600. The molecule has 0 radical (unpaired) electrons. The summed E-state index contributed by atoms with van der Waals surface area (Å²) in [4.78, 5) is 2.53. The SMILES string of the molecule is Cl.Oc1ccc(Br)c(CN2CCC3(CCNCC3)C2)c1. The normalized spacial score (nSPS) is 21.9. The zero-order valence-electron chi connectivity index (χ0n) is 11.6. The van der Waals surface area contributed by atoms with E-state index in [0.717, 1.165) is 11.0 Å². The maximum atomic E-state index is 9.61. The van der Waals surface area contributed by atoms with E-state index in [-0.39, 0.29) is 12.4 Å². The molecule has 3 rings (SSSR count). The number of likely N-dealkylation sites (tertiary alicyclic amines) is 1. The number of phenols is 1. The molecule has 0 amide bonds. The highest BCUT2D eigenvalue weighted by atomic mass is 79.9. The van der Waals surface area contributed by atoms with Crippen molar-refractivity contribution in [3.8, 4) is 5.75 Å². The van der Waals surface area contributed by atoms with Crippen molar-refractivity contribution in [1.29, 1.82) is 0 Å². The zero-order chi connectivity index (χ0) is 13.3. The van der Waals surface area contributed by atoms with Crippen molar-refractivity contribution in [2.24, 2.45) is 5.41 Å². The van der Waals surface area contributed by atoms with Crippen LogP contribution in [0.5, 0.6) is 5.75 Å². The summed E-state index contributed by atoms with van der Waals surface area (Å²) in [5, 5.41) is 13.1. The minimum atomic E-state index is 0. The van der Waals surface area contributed by atoms with E-state index in [4.69, 9.17) is 0 Å². The first kappa shape index (κ1) is 16.1. The topological polar surface area (TPSA) is 35.5 Å². The Bertz CT molecular complexity index is 463. The van der Waals surface area contributed by atoms with Crippen LogP contribution in [0.25, 0.3) is 0 Å². The van der Waals surface area contributed by atoms with E-state index in [1.807, 2.05) is 12.1 Å². The highest BCUT2D eigenvalue weighted by Crippen LogP contribution is 2.39. The number of hydrogen-bond donors (Lipinski definition) is 2. The number of rotatable bonds is 2. The van der Waals surface area contributed by atoms with Crippen LogP contribution >= 0.6 is 28.3 Å². The van der Waals surface area contributed by atoms with Gasteiger partial charge in [0.25, 0.3) is 0 Å². The van der Waals surface area contributed by atoms with Crippen LogP contribution in [0.3, 0.4) is 0 Å². The van der Waals surface area contributed by atoms with Crippen molar-refractivity contribution in [2.75, 3.05) is 26.2 Å². The molecule has 2 fully saturated rings. The van der Waals surface area contributed by atoms with Gasteiger partial charge in [0.2, 0.25) is 0 Å². The average molecular weight is 362 g/mol. The van der Waals surface area contributed by atoms with Crippen LogP contribution in [0.15, 0.2) is 22.7 Å². The van der Waals surface area contributed by atoms with Gasteiger partial charge >= 0.3 is 0 Å². The highest BCUT2D eigenvalue weighted by molar-refractivity contribution is 9.10. The molecule has 0 saturated carbocycles. The largest absolute Gasteiger partial charge is 0.508 e. The van der Waals surface area contributed by atoms with E-state index < -0.39 is 0 Å². The number of hydrogen-bond acceptors (Lipinski definition) is 3. The molecule has 0 bridgehead atoms. The summed E-state index contributed by atoms with van der Waals surface area (Å²) in [6.45, 7) is 5.66. The molecular weight excluding hydrogens is 340 g/mol. The molecule has 0 aliphatic carbocycles. The highest BCUT2D eigenvalue weighted by Gasteiger charge is 2.38. The Morgan fingerprint density at radius 1 is 1.25 bits per heavy atom. The number of halogens is 2. The molecule has 1 spiro atoms. The third kappa shape index (κ3) is 3.48. The van der Waals surface area contributed by atoms with Gasteiger partial charge in [-0.3, -0.25) is 4.90 Å². The van der Waals surface area contributed by atoms with E-state index in [0.29, 0.717) is 11.2 Å². The third-order valence-electron chi connectivity index (χ3n) is 4.60. The second-order valence-corrected chi connectivity index (χ2v) is 6.84. The van der Waals surface area contributed by atoms with Gasteiger partial charge in [-0.2, -0.15) is 0 Å². The van der Waals surface area contributed by atoms with E-state index in [1.165, 1.54) is 51.0 Å². The Morgan fingerprint density at radius 2 is 2.00 bits per heavy atom. The molecule has 5 heteroatoms. The Kier molecular flexibility index (Phi) is 5.35. The predicted octanol–water partition coefficient (Wildman–Crippen LogP) is 3.15. The molecule has 2 aliphatic rings. The van der Waals surface area contributed by atoms with Crippen molar-refractivity contribution < 1.29 is 5.11 Å². The minimum absolute atomic E-state index is 0. The maximum absolute atomic E-state index is 9.61. The molecular formula is C15H22BrClN2O. The van der Waals surface area contributed by atoms with Crippen molar-refractivity contribution in [1.82, 2.24) is 10.2 Å². The first-order valence-corrected chi connectivity index (χ1v) is 7.87. The van der Waals surface area contributed by atoms with E-state index in [2.05, 4.69) is 26.1 Å². The zero-order valence-corrected chi connectivity index (χ0v) is 14.0. The molecule has 2 N–H and O–H groups in total. The number of nitrogens with one attached hydrogen (secondary N) is 1. The summed E-state index contributed by atoms with van der Waals surface area (Å²) in [7, 11) is 0. The molecule has 1 aromatic rings. The molecule has 2 heterocycles. The van der Waals surface area contributed by atoms with Gasteiger partial charge in [0.1, 0.15) is 5.75 Å². The predicted molar refractivity (Wildman–Crippen MR) is 87.5 cm³/mol. The van der Waals surface area contributed by atoms with Crippen LogP contribution in [0.1, 0.15) is 24.8 Å². The summed E-state index contributed by atoms with van der Waals surface area (Å²) in [5.74, 6) is 0.356. The molecule has 2 saturated heterocycles. The first-order valence-electron chi connectivity index (χ1n) is 7.07. The van der Waals surface area contributed by atoms with Crippen LogP contribution in [-0.4, -0.2) is 36.2 Å². The number of phenolic OH excluding ortho intramolecular Hbond substituents is 1. The number of piperidine rings is 1. The Labute approximate surface area is 135 Å². The first-order chi connectivity index (χ1) is 9.17. The molecule has 112 valence electrons. The lowest BCUT2D eigenvalue weighted by Crippen LogP contribution is -2.38. The quantitative estimate of drug-likeness (QED) is 0.849. The smallest absolute Gasteiger partial charge is 0.115 e. The summed E-state index contributed by atoms with van der Waals surface area (Å²) in [6, 6.07) is 5.53. The molecule has 0 atom stereocenters. The molecule has 1 aromatic carbocycles. The standard InChI is InChI=1S/C15H21BrN2O.ClH/c16-14-2-1-13(19)9-12(14)10-18-8-5-15(11-18)3-6-17-7-4-15;/h1-2,9,17,19H,3-8,10-11H2;1H. The lowest BCUT2D eigenvalue weighted by molar-refractivity contribution is 0.194. The average Bonchev–Trinajstić information content (AvgIpc) is 2.78. The molecule has 0 aromatic heterocycles. The molecule has 3 nitrogen and oxygen atoms in total. The minimum Gasteiger partial charge on any atom is -0.508 e. The van der Waals surface area contributed by atoms with Crippen LogP contribution in [0, 0.1) is 5.41 Å². The monoisotopic (exact) mass is 360 g/mol. The van der Waals surface area contributed by atoms with Gasteiger partial charge in [-0.15, -0.1) is 12.4 Å². The van der Waals surface area contributed by atoms with Gasteiger partial charge in [-0.25, -0.2) is 0 Å². The number of benzene rings is 1.